The molecule has 1 aromatic carbocycles. The predicted octanol–water partition coefficient (Wildman–Crippen LogP) is 2.43. The number of benzene rings is 1. The normalized spacial score (nSPS) is 17.9. The first kappa shape index (κ1) is 22.3. The average Bonchev–Trinajstić information content (AvgIpc) is 2.85. The number of rotatable bonds is 7. The van der Waals surface area contributed by atoms with Crippen molar-refractivity contribution in [2.24, 2.45) is 5.92 Å². The van der Waals surface area contributed by atoms with Crippen molar-refractivity contribution in [3.63, 3.8) is 0 Å². The zero-order chi connectivity index (χ0) is 22.2. The molecule has 170 valence electrons. The maximum Gasteiger partial charge on any atom is 0.225 e. The van der Waals surface area contributed by atoms with E-state index < -0.39 is 0 Å². The zero-order valence-electron chi connectivity index (χ0n) is 18.6. The van der Waals surface area contributed by atoms with Crippen LogP contribution >= 0.6 is 0 Å². The van der Waals surface area contributed by atoms with Crippen molar-refractivity contribution in [2.45, 2.75) is 25.8 Å². The second-order valence-corrected chi connectivity index (χ2v) is 8.53. The maximum atomic E-state index is 13.0. The zero-order valence-corrected chi connectivity index (χ0v) is 18.6. The fourth-order valence-corrected chi connectivity index (χ4v) is 4.44. The van der Waals surface area contributed by atoms with Crippen molar-refractivity contribution in [2.75, 3.05) is 45.9 Å². The van der Waals surface area contributed by atoms with Crippen LogP contribution in [-0.4, -0.2) is 77.4 Å². The number of carbonyl (C=O) groups is 2. The van der Waals surface area contributed by atoms with Gasteiger partial charge in [0.2, 0.25) is 11.8 Å². The number of carbonyl (C=O) groups excluding carboxylic acids is 2. The molecule has 2 aliphatic rings. The number of pyridine rings is 1. The Morgan fingerprint density at radius 1 is 0.906 bits per heavy atom. The fraction of sp³-hybridized carbons (Fsp3) is 0.480. The van der Waals surface area contributed by atoms with Crippen LogP contribution in [0.5, 0.6) is 5.75 Å². The van der Waals surface area contributed by atoms with Gasteiger partial charge in [-0.1, -0.05) is 24.3 Å². The van der Waals surface area contributed by atoms with Gasteiger partial charge in [0.25, 0.3) is 0 Å². The molecule has 2 fully saturated rings. The van der Waals surface area contributed by atoms with Crippen molar-refractivity contribution in [3.05, 3.63) is 60.4 Å². The summed E-state index contributed by atoms with van der Waals surface area (Å²) in [5.41, 5.74) is 1.21. The number of hydrogen-bond acceptors (Lipinski definition) is 5. The van der Waals surface area contributed by atoms with Crippen molar-refractivity contribution in [1.82, 2.24) is 19.7 Å². The number of piperidine rings is 1. The van der Waals surface area contributed by atoms with Crippen LogP contribution in [-0.2, 0) is 16.1 Å². The molecule has 0 N–H and O–H groups in total. The first-order valence-corrected chi connectivity index (χ1v) is 11.5. The van der Waals surface area contributed by atoms with E-state index in [0.29, 0.717) is 26.1 Å². The number of hydrogen-bond donors (Lipinski definition) is 0. The number of piperazine rings is 1. The Labute approximate surface area is 190 Å². The Morgan fingerprint density at radius 3 is 2.34 bits per heavy atom. The molecule has 0 atom stereocenters. The molecule has 0 spiro atoms. The summed E-state index contributed by atoms with van der Waals surface area (Å²) in [6.45, 7) is 5.89. The van der Waals surface area contributed by atoms with E-state index in [1.165, 1.54) is 5.56 Å². The monoisotopic (exact) mass is 436 g/mol. The summed E-state index contributed by atoms with van der Waals surface area (Å²) in [7, 11) is 0. The largest absolute Gasteiger partial charge is 0.493 e. The molecule has 3 heterocycles. The minimum Gasteiger partial charge on any atom is -0.493 e. The second kappa shape index (κ2) is 11.1. The highest BCUT2D eigenvalue weighted by Crippen LogP contribution is 2.21. The lowest BCUT2D eigenvalue weighted by molar-refractivity contribution is -0.142. The van der Waals surface area contributed by atoms with Crippen molar-refractivity contribution < 1.29 is 14.3 Å². The SMILES string of the molecule is O=C(CCOc1ccccc1)N1CCC(C(=O)N2CCN(Cc3cccnc3)CC2)CC1. The number of likely N-dealkylation sites (tertiary alicyclic amines) is 1. The summed E-state index contributed by atoms with van der Waals surface area (Å²) in [5, 5.41) is 0. The molecule has 2 aliphatic heterocycles. The van der Waals surface area contributed by atoms with E-state index in [-0.39, 0.29) is 17.7 Å². The van der Waals surface area contributed by atoms with Crippen LogP contribution in [0.2, 0.25) is 0 Å². The number of nitrogens with zero attached hydrogens (tertiary/aromatic N) is 4. The summed E-state index contributed by atoms with van der Waals surface area (Å²) >= 11 is 0. The highest BCUT2D eigenvalue weighted by Gasteiger charge is 2.31. The lowest BCUT2D eigenvalue weighted by atomic mass is 9.94. The molecule has 0 unspecified atom stereocenters. The van der Waals surface area contributed by atoms with Gasteiger partial charge in [-0.2, -0.15) is 0 Å². The van der Waals surface area contributed by atoms with Crippen LogP contribution in [0, 0.1) is 5.92 Å². The Morgan fingerprint density at radius 2 is 1.66 bits per heavy atom. The van der Waals surface area contributed by atoms with Gasteiger partial charge in [-0.3, -0.25) is 19.5 Å². The van der Waals surface area contributed by atoms with Crippen LogP contribution < -0.4 is 4.74 Å². The second-order valence-electron chi connectivity index (χ2n) is 8.53. The van der Waals surface area contributed by atoms with Gasteiger partial charge < -0.3 is 14.5 Å². The fourth-order valence-electron chi connectivity index (χ4n) is 4.44. The lowest BCUT2D eigenvalue weighted by Crippen LogP contribution is -2.51. The van der Waals surface area contributed by atoms with Gasteiger partial charge in [-0.25, -0.2) is 0 Å². The third kappa shape index (κ3) is 6.07. The van der Waals surface area contributed by atoms with E-state index in [0.717, 1.165) is 51.3 Å². The van der Waals surface area contributed by atoms with E-state index in [4.69, 9.17) is 4.74 Å². The van der Waals surface area contributed by atoms with Gasteiger partial charge >= 0.3 is 0 Å². The number of ether oxygens (including phenoxy) is 1. The Balaban J connectivity index is 1.15. The quantitative estimate of drug-likeness (QED) is 0.667. The van der Waals surface area contributed by atoms with Gasteiger partial charge in [-0.15, -0.1) is 0 Å². The van der Waals surface area contributed by atoms with Gasteiger partial charge in [0.05, 0.1) is 13.0 Å². The van der Waals surface area contributed by atoms with E-state index >= 15 is 0 Å². The molecular weight excluding hydrogens is 404 g/mol. The summed E-state index contributed by atoms with van der Waals surface area (Å²) in [4.78, 5) is 35.9. The predicted molar refractivity (Wildman–Crippen MR) is 122 cm³/mol. The van der Waals surface area contributed by atoms with Crippen molar-refractivity contribution in [1.29, 1.82) is 0 Å². The molecule has 7 heteroatoms. The number of aromatic nitrogens is 1. The Hall–Kier alpha value is -2.93. The molecule has 0 radical (unpaired) electrons. The summed E-state index contributed by atoms with van der Waals surface area (Å²) in [5.74, 6) is 1.18. The molecule has 0 bridgehead atoms. The van der Waals surface area contributed by atoms with E-state index in [1.54, 1.807) is 6.20 Å². The molecule has 1 aromatic heterocycles. The average molecular weight is 437 g/mol. The summed E-state index contributed by atoms with van der Waals surface area (Å²) in [6, 6.07) is 13.6. The third-order valence-corrected chi connectivity index (χ3v) is 6.34. The first-order valence-electron chi connectivity index (χ1n) is 11.5. The van der Waals surface area contributed by atoms with Crippen LogP contribution in [0.15, 0.2) is 54.9 Å². The first-order chi connectivity index (χ1) is 15.7. The van der Waals surface area contributed by atoms with E-state index in [2.05, 4.69) is 16.0 Å². The molecule has 0 saturated carbocycles. The molecule has 2 aromatic rings. The molecule has 0 aliphatic carbocycles. The number of para-hydroxylation sites is 1. The summed E-state index contributed by atoms with van der Waals surface area (Å²) in [6.07, 6.45) is 5.56. The topological polar surface area (TPSA) is 66.0 Å². The molecule has 32 heavy (non-hydrogen) atoms. The van der Waals surface area contributed by atoms with Gasteiger partial charge in [-0.05, 0) is 36.6 Å². The minimum absolute atomic E-state index is 0.0319. The Kier molecular flexibility index (Phi) is 7.72. The van der Waals surface area contributed by atoms with Crippen LogP contribution in [0.3, 0.4) is 0 Å². The smallest absolute Gasteiger partial charge is 0.225 e. The van der Waals surface area contributed by atoms with Crippen molar-refractivity contribution in [3.8, 4) is 5.75 Å². The highest BCUT2D eigenvalue weighted by molar-refractivity contribution is 5.80. The highest BCUT2D eigenvalue weighted by atomic mass is 16.5. The molecular formula is C25H32N4O3. The van der Waals surface area contributed by atoms with Crippen LogP contribution in [0.25, 0.3) is 0 Å². The van der Waals surface area contributed by atoms with Gasteiger partial charge in [0.15, 0.2) is 0 Å². The van der Waals surface area contributed by atoms with Crippen LogP contribution in [0.4, 0.5) is 0 Å². The summed E-state index contributed by atoms with van der Waals surface area (Å²) < 4.78 is 5.64. The molecule has 2 amide bonds. The maximum absolute atomic E-state index is 13.0. The minimum atomic E-state index is 0.0319. The standard InChI is InChI=1S/C25H32N4O3/c30-24(10-18-32-23-6-2-1-3-7-23)28-12-8-22(9-13-28)25(31)29-16-14-27(15-17-29)20-21-5-4-11-26-19-21/h1-7,11,19,22H,8-10,12-18,20H2. The van der Waals surface area contributed by atoms with Gasteiger partial charge in [0, 0.05) is 64.1 Å². The Bertz CT molecular complexity index is 861. The molecule has 7 nitrogen and oxygen atoms in total. The van der Waals surface area contributed by atoms with Crippen molar-refractivity contribution >= 4 is 11.8 Å². The van der Waals surface area contributed by atoms with Crippen LogP contribution in [0.1, 0.15) is 24.8 Å². The van der Waals surface area contributed by atoms with Gasteiger partial charge in [0.1, 0.15) is 5.75 Å². The van der Waals surface area contributed by atoms with E-state index in [1.807, 2.05) is 52.4 Å². The third-order valence-electron chi connectivity index (χ3n) is 6.34. The van der Waals surface area contributed by atoms with E-state index in [9.17, 15) is 9.59 Å². The molecule has 2 saturated heterocycles. The number of amides is 2. The molecule has 4 rings (SSSR count). The lowest BCUT2D eigenvalue weighted by Gasteiger charge is -2.38.